The van der Waals surface area contributed by atoms with Gasteiger partial charge in [0.15, 0.2) is 0 Å². The fourth-order valence-electron chi connectivity index (χ4n) is 3.16. The van der Waals surface area contributed by atoms with E-state index >= 15 is 0 Å². The van der Waals surface area contributed by atoms with Gasteiger partial charge in [-0.15, -0.1) is 11.3 Å². The highest BCUT2D eigenvalue weighted by molar-refractivity contribution is 7.09. The Hall–Kier alpha value is -1.43. The first-order valence-corrected chi connectivity index (χ1v) is 7.90. The SMILES string of the molecule is CC(C)(c1nccs1)N1CCC(=O)N2CCCC2C1=O. The van der Waals surface area contributed by atoms with E-state index in [1.165, 1.54) is 0 Å². The Labute approximate surface area is 122 Å². The maximum atomic E-state index is 12.8. The molecule has 0 bridgehead atoms. The summed E-state index contributed by atoms with van der Waals surface area (Å²) >= 11 is 1.55. The van der Waals surface area contributed by atoms with E-state index in [0.29, 0.717) is 13.0 Å². The van der Waals surface area contributed by atoms with Gasteiger partial charge in [0.25, 0.3) is 0 Å². The van der Waals surface area contributed by atoms with Crippen LogP contribution in [0.2, 0.25) is 0 Å². The fraction of sp³-hybridized carbons (Fsp3) is 0.643. The standard InChI is InChI=1S/C14H19N3O2S/c1-14(2,13-15-6-9-20-13)17-8-5-11(18)16-7-3-4-10(16)12(17)19/h6,9-10H,3-5,7-8H2,1-2H3. The topological polar surface area (TPSA) is 53.5 Å². The van der Waals surface area contributed by atoms with Crippen LogP contribution in [-0.4, -0.2) is 45.7 Å². The van der Waals surface area contributed by atoms with Crippen molar-refractivity contribution in [2.75, 3.05) is 13.1 Å². The van der Waals surface area contributed by atoms with Crippen LogP contribution >= 0.6 is 11.3 Å². The maximum absolute atomic E-state index is 12.8. The van der Waals surface area contributed by atoms with E-state index in [-0.39, 0.29) is 17.9 Å². The predicted octanol–water partition coefficient (Wildman–Crippen LogP) is 1.60. The first-order valence-electron chi connectivity index (χ1n) is 7.03. The Morgan fingerprint density at radius 2 is 2.15 bits per heavy atom. The second kappa shape index (κ2) is 4.84. The van der Waals surface area contributed by atoms with Crippen LogP contribution in [0.15, 0.2) is 11.6 Å². The second-order valence-electron chi connectivity index (χ2n) is 5.88. The molecular weight excluding hydrogens is 274 g/mol. The van der Waals surface area contributed by atoms with Crippen LogP contribution in [-0.2, 0) is 15.1 Å². The number of hydrogen-bond acceptors (Lipinski definition) is 4. The Kier molecular flexibility index (Phi) is 3.28. The van der Waals surface area contributed by atoms with Crippen LogP contribution in [0.3, 0.4) is 0 Å². The zero-order chi connectivity index (χ0) is 14.3. The fourth-order valence-corrected chi connectivity index (χ4v) is 3.93. The van der Waals surface area contributed by atoms with Gasteiger partial charge in [-0.1, -0.05) is 0 Å². The van der Waals surface area contributed by atoms with Crippen molar-refractivity contribution in [3.8, 4) is 0 Å². The summed E-state index contributed by atoms with van der Waals surface area (Å²) in [5.74, 6) is 0.187. The first-order chi connectivity index (χ1) is 9.51. The van der Waals surface area contributed by atoms with Crippen LogP contribution < -0.4 is 0 Å². The van der Waals surface area contributed by atoms with Crippen LogP contribution in [0.25, 0.3) is 0 Å². The molecule has 1 atom stereocenters. The molecule has 0 saturated carbocycles. The summed E-state index contributed by atoms with van der Waals surface area (Å²) in [6, 6.07) is -0.260. The van der Waals surface area contributed by atoms with Crippen molar-refractivity contribution in [2.45, 2.75) is 44.7 Å². The molecule has 1 unspecified atom stereocenters. The highest BCUT2D eigenvalue weighted by Gasteiger charge is 2.44. The van der Waals surface area contributed by atoms with Gasteiger partial charge >= 0.3 is 0 Å². The zero-order valence-electron chi connectivity index (χ0n) is 11.8. The number of aromatic nitrogens is 1. The van der Waals surface area contributed by atoms with E-state index in [2.05, 4.69) is 4.98 Å². The minimum atomic E-state index is -0.454. The first kappa shape index (κ1) is 13.5. The molecular formula is C14H19N3O2S. The predicted molar refractivity (Wildman–Crippen MR) is 76.2 cm³/mol. The van der Waals surface area contributed by atoms with Crippen LogP contribution in [0.4, 0.5) is 0 Å². The summed E-state index contributed by atoms with van der Waals surface area (Å²) in [6.45, 7) is 5.23. The van der Waals surface area contributed by atoms with Crippen molar-refractivity contribution in [2.24, 2.45) is 0 Å². The Morgan fingerprint density at radius 3 is 2.85 bits per heavy atom. The van der Waals surface area contributed by atoms with Crippen molar-refractivity contribution < 1.29 is 9.59 Å². The lowest BCUT2D eigenvalue weighted by molar-refractivity contribution is -0.142. The van der Waals surface area contributed by atoms with Gasteiger partial charge in [0.1, 0.15) is 11.0 Å². The summed E-state index contributed by atoms with van der Waals surface area (Å²) in [5.41, 5.74) is -0.454. The van der Waals surface area contributed by atoms with Gasteiger partial charge in [0.2, 0.25) is 11.8 Å². The summed E-state index contributed by atoms with van der Waals surface area (Å²) < 4.78 is 0. The van der Waals surface area contributed by atoms with Crippen molar-refractivity contribution in [1.29, 1.82) is 0 Å². The lowest BCUT2D eigenvalue weighted by Gasteiger charge is -2.37. The molecule has 108 valence electrons. The molecule has 20 heavy (non-hydrogen) atoms. The normalized spacial score (nSPS) is 24.0. The smallest absolute Gasteiger partial charge is 0.246 e. The highest BCUT2D eigenvalue weighted by Crippen LogP contribution is 2.34. The highest BCUT2D eigenvalue weighted by atomic mass is 32.1. The molecule has 6 heteroatoms. The van der Waals surface area contributed by atoms with Gasteiger partial charge in [-0.2, -0.15) is 0 Å². The second-order valence-corrected chi connectivity index (χ2v) is 6.78. The molecule has 0 spiro atoms. The third-order valence-corrected chi connectivity index (χ3v) is 5.39. The molecule has 2 aliphatic heterocycles. The van der Waals surface area contributed by atoms with E-state index in [1.54, 1.807) is 22.4 Å². The lowest BCUT2D eigenvalue weighted by Crippen LogP contribution is -2.50. The van der Waals surface area contributed by atoms with Crippen LogP contribution in [0.1, 0.15) is 38.1 Å². The third-order valence-electron chi connectivity index (χ3n) is 4.30. The van der Waals surface area contributed by atoms with E-state index in [9.17, 15) is 9.59 Å². The van der Waals surface area contributed by atoms with Crippen molar-refractivity contribution in [3.63, 3.8) is 0 Å². The van der Waals surface area contributed by atoms with E-state index in [4.69, 9.17) is 0 Å². The minimum Gasteiger partial charge on any atom is -0.331 e. The van der Waals surface area contributed by atoms with Gasteiger partial charge in [-0.3, -0.25) is 9.59 Å². The zero-order valence-corrected chi connectivity index (χ0v) is 12.7. The Bertz CT molecular complexity index is 527. The minimum absolute atomic E-state index is 0.0774. The molecule has 0 aliphatic carbocycles. The van der Waals surface area contributed by atoms with Crippen molar-refractivity contribution in [1.82, 2.24) is 14.8 Å². The summed E-state index contributed by atoms with van der Waals surface area (Å²) in [6.07, 6.45) is 3.89. The Morgan fingerprint density at radius 1 is 1.35 bits per heavy atom. The quantitative estimate of drug-likeness (QED) is 0.832. The monoisotopic (exact) mass is 293 g/mol. The number of nitrogens with zero attached hydrogens (tertiary/aromatic N) is 3. The van der Waals surface area contributed by atoms with E-state index < -0.39 is 5.54 Å². The molecule has 2 amide bonds. The van der Waals surface area contributed by atoms with Crippen LogP contribution in [0.5, 0.6) is 0 Å². The molecule has 1 aromatic rings. The van der Waals surface area contributed by atoms with Crippen molar-refractivity contribution in [3.05, 3.63) is 16.6 Å². The number of carbonyl (C=O) groups is 2. The van der Waals surface area contributed by atoms with Crippen LogP contribution in [0, 0.1) is 0 Å². The average Bonchev–Trinajstić information content (AvgIpc) is 3.08. The molecule has 1 aromatic heterocycles. The largest absolute Gasteiger partial charge is 0.331 e. The van der Waals surface area contributed by atoms with Gasteiger partial charge in [-0.05, 0) is 26.7 Å². The van der Waals surface area contributed by atoms with E-state index in [1.807, 2.05) is 24.1 Å². The van der Waals surface area contributed by atoms with Gasteiger partial charge in [0.05, 0.1) is 5.54 Å². The van der Waals surface area contributed by atoms with E-state index in [0.717, 1.165) is 24.4 Å². The van der Waals surface area contributed by atoms with Gasteiger partial charge in [0, 0.05) is 31.1 Å². The molecule has 3 heterocycles. The third kappa shape index (κ3) is 2.02. The summed E-state index contributed by atoms with van der Waals surface area (Å²) in [7, 11) is 0. The molecule has 5 nitrogen and oxygen atoms in total. The number of rotatable bonds is 2. The van der Waals surface area contributed by atoms with Crippen molar-refractivity contribution >= 4 is 23.2 Å². The number of amides is 2. The molecule has 0 N–H and O–H groups in total. The van der Waals surface area contributed by atoms with Gasteiger partial charge < -0.3 is 9.80 Å². The number of fused-ring (bicyclic) bond motifs is 1. The molecule has 2 aliphatic rings. The Balaban J connectivity index is 1.93. The lowest BCUT2D eigenvalue weighted by atomic mass is 10.0. The molecule has 2 fully saturated rings. The maximum Gasteiger partial charge on any atom is 0.246 e. The molecule has 0 aromatic carbocycles. The number of carbonyl (C=O) groups excluding carboxylic acids is 2. The molecule has 0 radical (unpaired) electrons. The number of thiazole rings is 1. The van der Waals surface area contributed by atoms with Gasteiger partial charge in [-0.25, -0.2) is 4.98 Å². The summed E-state index contributed by atoms with van der Waals surface area (Å²) in [5, 5.41) is 2.84. The summed E-state index contributed by atoms with van der Waals surface area (Å²) in [4.78, 5) is 32.9. The number of hydrogen-bond donors (Lipinski definition) is 0. The average molecular weight is 293 g/mol. The molecule has 2 saturated heterocycles. The molecule has 3 rings (SSSR count).